The Kier molecular flexibility index (Phi) is 6.59. The maximum Gasteiger partial charge on any atom is 0.251 e. The quantitative estimate of drug-likeness (QED) is 0.704. The maximum atomic E-state index is 12.9. The lowest BCUT2D eigenvalue weighted by molar-refractivity contribution is 0.0946. The van der Waals surface area contributed by atoms with Gasteiger partial charge in [0.25, 0.3) is 5.91 Å². The van der Waals surface area contributed by atoms with Gasteiger partial charge in [0.2, 0.25) is 10.0 Å². The molecule has 0 radical (unpaired) electrons. The second-order valence-electron chi connectivity index (χ2n) is 7.46. The largest absolute Gasteiger partial charge is 0.491 e. The molecule has 0 saturated carbocycles. The number of benzene rings is 2. The molecule has 29 heavy (non-hydrogen) atoms. The minimum Gasteiger partial charge on any atom is -0.491 e. The van der Waals surface area contributed by atoms with Crippen LogP contribution in [0, 0.1) is 20.8 Å². The van der Waals surface area contributed by atoms with Gasteiger partial charge in [0.15, 0.2) is 0 Å². The van der Waals surface area contributed by atoms with E-state index in [9.17, 15) is 13.2 Å². The van der Waals surface area contributed by atoms with Crippen LogP contribution in [0.2, 0.25) is 0 Å². The molecule has 1 amide bonds. The van der Waals surface area contributed by atoms with Gasteiger partial charge in [-0.05, 0) is 62.9 Å². The fraction of sp³-hybridized carbons (Fsp3) is 0.409. The van der Waals surface area contributed by atoms with Crippen molar-refractivity contribution in [3.63, 3.8) is 0 Å². The Hall–Kier alpha value is -2.38. The molecule has 1 fully saturated rings. The number of nitrogens with one attached hydrogen (secondary N) is 1. The van der Waals surface area contributed by atoms with Crippen molar-refractivity contribution in [3.8, 4) is 5.75 Å². The van der Waals surface area contributed by atoms with E-state index < -0.39 is 10.0 Å². The SMILES string of the molecule is Cc1ccc(OCCNC(=O)c2ccc(C)c(S(=O)(=O)N3CCCC3)c2)c(C)c1. The number of nitrogens with zero attached hydrogens (tertiary/aromatic N) is 1. The van der Waals surface area contributed by atoms with Crippen molar-refractivity contribution < 1.29 is 17.9 Å². The summed E-state index contributed by atoms with van der Waals surface area (Å²) in [5.74, 6) is 0.478. The van der Waals surface area contributed by atoms with Crippen molar-refractivity contribution >= 4 is 15.9 Å². The number of sulfonamides is 1. The van der Waals surface area contributed by atoms with Gasteiger partial charge >= 0.3 is 0 Å². The molecule has 156 valence electrons. The van der Waals surface area contributed by atoms with Crippen molar-refractivity contribution in [2.24, 2.45) is 0 Å². The molecule has 0 spiro atoms. The molecule has 0 unspecified atom stereocenters. The van der Waals surface area contributed by atoms with Crippen LogP contribution < -0.4 is 10.1 Å². The zero-order valence-electron chi connectivity index (χ0n) is 17.2. The van der Waals surface area contributed by atoms with Gasteiger partial charge in [0.1, 0.15) is 12.4 Å². The smallest absolute Gasteiger partial charge is 0.251 e. The predicted molar refractivity (Wildman–Crippen MR) is 113 cm³/mol. The number of rotatable bonds is 7. The van der Waals surface area contributed by atoms with Crippen LogP contribution in [-0.4, -0.2) is 44.9 Å². The van der Waals surface area contributed by atoms with Gasteiger partial charge in [-0.2, -0.15) is 4.31 Å². The zero-order chi connectivity index (χ0) is 21.0. The molecular weight excluding hydrogens is 388 g/mol. The molecule has 0 atom stereocenters. The summed E-state index contributed by atoms with van der Waals surface area (Å²) in [5, 5.41) is 2.80. The first-order valence-corrected chi connectivity index (χ1v) is 11.3. The standard InChI is InChI=1S/C22H28N2O4S/c1-16-6-9-20(18(3)14-16)28-13-10-23-22(25)19-8-7-17(2)21(15-19)29(26,27)24-11-4-5-12-24/h6-9,14-15H,4-5,10-13H2,1-3H3,(H,23,25). The van der Waals surface area contributed by atoms with Crippen LogP contribution >= 0.6 is 0 Å². The van der Waals surface area contributed by atoms with E-state index in [1.807, 2.05) is 32.0 Å². The van der Waals surface area contributed by atoms with E-state index in [1.54, 1.807) is 19.1 Å². The van der Waals surface area contributed by atoms with E-state index >= 15 is 0 Å². The number of aryl methyl sites for hydroxylation is 3. The molecule has 0 aromatic heterocycles. The van der Waals surface area contributed by atoms with E-state index in [1.165, 1.54) is 15.9 Å². The van der Waals surface area contributed by atoms with E-state index in [4.69, 9.17) is 4.74 Å². The lowest BCUT2D eigenvalue weighted by Gasteiger charge is -2.18. The average Bonchev–Trinajstić information content (AvgIpc) is 3.22. The van der Waals surface area contributed by atoms with Gasteiger partial charge in [-0.3, -0.25) is 4.79 Å². The Morgan fingerprint density at radius 1 is 1.03 bits per heavy atom. The monoisotopic (exact) mass is 416 g/mol. The molecule has 1 saturated heterocycles. The highest BCUT2D eigenvalue weighted by atomic mass is 32.2. The lowest BCUT2D eigenvalue weighted by Crippen LogP contribution is -2.30. The molecule has 1 aliphatic rings. The fourth-order valence-corrected chi connectivity index (χ4v) is 5.24. The third kappa shape index (κ3) is 4.97. The van der Waals surface area contributed by atoms with E-state index in [-0.39, 0.29) is 10.8 Å². The first kappa shape index (κ1) is 21.3. The fourth-order valence-electron chi connectivity index (χ4n) is 3.48. The van der Waals surface area contributed by atoms with Crippen LogP contribution in [0.15, 0.2) is 41.3 Å². The van der Waals surface area contributed by atoms with Crippen LogP contribution in [0.5, 0.6) is 5.75 Å². The van der Waals surface area contributed by atoms with Crippen molar-refractivity contribution in [1.29, 1.82) is 0 Å². The number of carbonyl (C=O) groups excluding carboxylic acids is 1. The van der Waals surface area contributed by atoms with E-state index in [0.717, 1.165) is 24.2 Å². The molecule has 1 heterocycles. The molecule has 1 aliphatic heterocycles. The summed E-state index contributed by atoms with van der Waals surface area (Å²) in [7, 11) is -3.57. The number of hydrogen-bond donors (Lipinski definition) is 1. The van der Waals surface area contributed by atoms with Crippen LogP contribution in [0.25, 0.3) is 0 Å². The molecular formula is C22H28N2O4S. The first-order valence-electron chi connectivity index (χ1n) is 9.88. The zero-order valence-corrected chi connectivity index (χ0v) is 18.0. The first-order chi connectivity index (χ1) is 13.8. The number of amides is 1. The second kappa shape index (κ2) is 8.97. The van der Waals surface area contributed by atoms with Crippen LogP contribution in [0.4, 0.5) is 0 Å². The number of hydrogen-bond acceptors (Lipinski definition) is 4. The Bertz CT molecular complexity index is 996. The molecule has 3 rings (SSSR count). The van der Waals surface area contributed by atoms with E-state index in [0.29, 0.717) is 37.4 Å². The Morgan fingerprint density at radius 2 is 1.76 bits per heavy atom. The summed E-state index contributed by atoms with van der Waals surface area (Å²) in [6, 6.07) is 10.8. The van der Waals surface area contributed by atoms with Crippen molar-refractivity contribution in [2.45, 2.75) is 38.5 Å². The normalized spacial score (nSPS) is 14.7. The van der Waals surface area contributed by atoms with Gasteiger partial charge in [0.05, 0.1) is 11.4 Å². The van der Waals surface area contributed by atoms with Gasteiger partial charge in [-0.15, -0.1) is 0 Å². The highest BCUT2D eigenvalue weighted by Crippen LogP contribution is 2.24. The topological polar surface area (TPSA) is 75.7 Å². The third-order valence-electron chi connectivity index (χ3n) is 5.11. The lowest BCUT2D eigenvalue weighted by atomic mass is 10.1. The number of ether oxygens (including phenoxy) is 1. The molecule has 6 nitrogen and oxygen atoms in total. The molecule has 0 aliphatic carbocycles. The Balaban J connectivity index is 1.62. The summed E-state index contributed by atoms with van der Waals surface area (Å²) in [6.45, 7) is 7.49. The molecule has 2 aromatic carbocycles. The summed E-state index contributed by atoms with van der Waals surface area (Å²) >= 11 is 0. The Labute approximate surface area is 172 Å². The Morgan fingerprint density at radius 3 is 2.45 bits per heavy atom. The summed E-state index contributed by atoms with van der Waals surface area (Å²) in [5.41, 5.74) is 3.19. The molecule has 1 N–H and O–H groups in total. The highest BCUT2D eigenvalue weighted by molar-refractivity contribution is 7.89. The maximum absolute atomic E-state index is 12.9. The van der Waals surface area contributed by atoms with Crippen LogP contribution in [0.1, 0.15) is 39.9 Å². The van der Waals surface area contributed by atoms with Crippen molar-refractivity contribution in [1.82, 2.24) is 9.62 Å². The second-order valence-corrected chi connectivity index (χ2v) is 9.37. The van der Waals surface area contributed by atoms with Gasteiger partial charge < -0.3 is 10.1 Å². The van der Waals surface area contributed by atoms with Crippen molar-refractivity contribution in [3.05, 3.63) is 58.7 Å². The van der Waals surface area contributed by atoms with Crippen molar-refractivity contribution in [2.75, 3.05) is 26.2 Å². The highest BCUT2D eigenvalue weighted by Gasteiger charge is 2.29. The third-order valence-corrected chi connectivity index (χ3v) is 7.15. The predicted octanol–water partition coefficient (Wildman–Crippen LogP) is 3.21. The van der Waals surface area contributed by atoms with E-state index in [2.05, 4.69) is 5.32 Å². The van der Waals surface area contributed by atoms with Crippen LogP contribution in [0.3, 0.4) is 0 Å². The minimum atomic E-state index is -3.57. The van der Waals surface area contributed by atoms with Crippen LogP contribution in [-0.2, 0) is 10.0 Å². The molecule has 7 heteroatoms. The summed E-state index contributed by atoms with van der Waals surface area (Å²) < 4.78 is 33.0. The van der Waals surface area contributed by atoms with Gasteiger partial charge in [0, 0.05) is 18.7 Å². The van der Waals surface area contributed by atoms with Gasteiger partial charge in [-0.1, -0.05) is 23.8 Å². The minimum absolute atomic E-state index is 0.207. The molecule has 0 bridgehead atoms. The van der Waals surface area contributed by atoms with Gasteiger partial charge in [-0.25, -0.2) is 8.42 Å². The summed E-state index contributed by atoms with van der Waals surface area (Å²) in [6.07, 6.45) is 1.75. The average molecular weight is 417 g/mol. The summed E-state index contributed by atoms with van der Waals surface area (Å²) in [4.78, 5) is 12.7. The number of carbonyl (C=O) groups is 1. The molecule has 2 aromatic rings.